The summed E-state index contributed by atoms with van der Waals surface area (Å²) >= 11 is 0. The minimum absolute atomic E-state index is 0.103. The summed E-state index contributed by atoms with van der Waals surface area (Å²) in [6.07, 6.45) is 0.926. The van der Waals surface area contributed by atoms with E-state index in [1.807, 2.05) is 0 Å². The first-order valence-electron chi connectivity index (χ1n) is 5.96. The topological polar surface area (TPSA) is 98.0 Å². The van der Waals surface area contributed by atoms with Crippen molar-refractivity contribution in [2.45, 2.75) is 6.61 Å². The Morgan fingerprint density at radius 1 is 1.29 bits per heavy atom. The van der Waals surface area contributed by atoms with Crippen LogP contribution in [0, 0.1) is 0 Å². The van der Waals surface area contributed by atoms with Crippen LogP contribution in [0.25, 0.3) is 0 Å². The molecule has 0 saturated carbocycles. The van der Waals surface area contributed by atoms with Crippen molar-refractivity contribution in [3.05, 3.63) is 58.0 Å². The smallest absolute Gasteiger partial charge is 0.356 e. The van der Waals surface area contributed by atoms with Crippen LogP contribution in [0.3, 0.4) is 0 Å². The number of ether oxygens (including phenoxy) is 2. The Bertz CT molecular complexity index is 704. The lowest BCUT2D eigenvalue weighted by Gasteiger charge is -2.08. The second-order valence-electron chi connectivity index (χ2n) is 4.17. The molecule has 2 N–H and O–H groups in total. The Labute approximate surface area is 119 Å². The summed E-state index contributed by atoms with van der Waals surface area (Å²) in [6.45, 7) is 0.103. The fourth-order valence-corrected chi connectivity index (χ4v) is 1.66. The predicted molar refractivity (Wildman–Crippen MR) is 72.2 cm³/mol. The second-order valence-corrected chi connectivity index (χ2v) is 4.17. The Morgan fingerprint density at radius 3 is 2.52 bits per heavy atom. The Hall–Kier alpha value is -2.96. The van der Waals surface area contributed by atoms with Crippen LogP contribution in [-0.2, 0) is 6.61 Å². The van der Waals surface area contributed by atoms with Crippen molar-refractivity contribution in [2.24, 2.45) is 0 Å². The third-order valence-electron chi connectivity index (χ3n) is 2.77. The molecule has 0 unspecified atom stereocenters. The normalized spacial score (nSPS) is 10.1. The molecule has 0 aliphatic heterocycles. The molecule has 0 atom stereocenters. The number of pyridine rings is 1. The maximum absolute atomic E-state index is 11.7. The molecule has 110 valence electrons. The van der Waals surface area contributed by atoms with Crippen molar-refractivity contribution in [3.63, 3.8) is 0 Å². The van der Waals surface area contributed by atoms with E-state index >= 15 is 0 Å². The highest BCUT2D eigenvalue weighted by molar-refractivity contribution is 5.85. The van der Waals surface area contributed by atoms with Crippen LogP contribution in [-0.4, -0.2) is 28.1 Å². The molecule has 0 aliphatic rings. The fraction of sp³-hybridized carbons (Fsp3) is 0.143. The molecule has 1 heterocycles. The van der Waals surface area contributed by atoms with E-state index in [1.165, 1.54) is 0 Å². The average Bonchev–Trinajstić information content (AvgIpc) is 2.48. The Kier molecular flexibility index (Phi) is 4.13. The molecule has 0 amide bonds. The number of nitrogens with zero attached hydrogens (tertiary/aromatic N) is 1. The van der Waals surface area contributed by atoms with E-state index in [1.54, 1.807) is 31.4 Å². The van der Waals surface area contributed by atoms with Gasteiger partial charge in [0.15, 0.2) is 11.4 Å². The molecule has 0 radical (unpaired) electrons. The van der Waals surface area contributed by atoms with E-state index < -0.39 is 17.1 Å². The van der Waals surface area contributed by atoms with Gasteiger partial charge in [0.25, 0.3) is 0 Å². The first-order valence-corrected chi connectivity index (χ1v) is 5.96. The van der Waals surface area contributed by atoms with Gasteiger partial charge >= 0.3 is 5.97 Å². The van der Waals surface area contributed by atoms with Gasteiger partial charge in [-0.05, 0) is 17.7 Å². The quantitative estimate of drug-likeness (QED) is 0.807. The average molecular weight is 291 g/mol. The van der Waals surface area contributed by atoms with Crippen molar-refractivity contribution in [1.82, 2.24) is 4.73 Å². The molecular weight excluding hydrogens is 278 g/mol. The Balaban J connectivity index is 2.14. The summed E-state index contributed by atoms with van der Waals surface area (Å²) in [5, 5.41) is 18.2. The summed E-state index contributed by atoms with van der Waals surface area (Å²) in [5.41, 5.74) is -0.356. The molecule has 0 spiro atoms. The third kappa shape index (κ3) is 3.33. The van der Waals surface area contributed by atoms with Crippen LogP contribution in [0.1, 0.15) is 16.1 Å². The van der Waals surface area contributed by atoms with Gasteiger partial charge < -0.3 is 19.8 Å². The molecule has 2 rings (SSSR count). The molecule has 7 nitrogen and oxygen atoms in total. The number of methoxy groups -OCH3 is 1. The number of rotatable bonds is 5. The molecule has 2 aromatic rings. The van der Waals surface area contributed by atoms with Gasteiger partial charge in [0, 0.05) is 6.07 Å². The minimum atomic E-state index is -1.41. The van der Waals surface area contributed by atoms with E-state index in [0.717, 1.165) is 17.8 Å². The molecule has 0 saturated heterocycles. The van der Waals surface area contributed by atoms with Crippen molar-refractivity contribution in [3.8, 4) is 11.5 Å². The lowest BCUT2D eigenvalue weighted by Crippen LogP contribution is -2.17. The van der Waals surface area contributed by atoms with Crippen LogP contribution >= 0.6 is 0 Å². The lowest BCUT2D eigenvalue weighted by molar-refractivity contribution is 0.0638. The predicted octanol–water partition coefficient (Wildman–Crippen LogP) is 1.37. The minimum Gasteiger partial charge on any atom is -0.497 e. The van der Waals surface area contributed by atoms with Gasteiger partial charge in [0.2, 0.25) is 5.43 Å². The number of aromatic carboxylic acids is 1. The summed E-state index contributed by atoms with van der Waals surface area (Å²) in [7, 11) is 1.55. The van der Waals surface area contributed by atoms with Crippen molar-refractivity contribution in [1.29, 1.82) is 0 Å². The molecule has 0 aliphatic carbocycles. The number of carboxylic acid groups (broad SMARTS) is 1. The number of hydrogen-bond donors (Lipinski definition) is 2. The van der Waals surface area contributed by atoms with Crippen LogP contribution in [0.15, 0.2) is 41.3 Å². The van der Waals surface area contributed by atoms with Crippen molar-refractivity contribution in [2.75, 3.05) is 7.11 Å². The van der Waals surface area contributed by atoms with Gasteiger partial charge in [-0.3, -0.25) is 4.79 Å². The van der Waals surface area contributed by atoms with Gasteiger partial charge in [0.1, 0.15) is 12.4 Å². The molecule has 1 aromatic carbocycles. The zero-order valence-corrected chi connectivity index (χ0v) is 11.1. The fourth-order valence-electron chi connectivity index (χ4n) is 1.66. The number of benzene rings is 1. The van der Waals surface area contributed by atoms with Crippen LogP contribution in [0.4, 0.5) is 0 Å². The lowest BCUT2D eigenvalue weighted by atomic mass is 10.2. The van der Waals surface area contributed by atoms with Crippen molar-refractivity contribution >= 4 is 5.97 Å². The summed E-state index contributed by atoms with van der Waals surface area (Å²) in [4.78, 5) is 22.4. The number of aromatic nitrogens is 1. The third-order valence-corrected chi connectivity index (χ3v) is 2.77. The van der Waals surface area contributed by atoms with E-state index in [4.69, 9.17) is 14.6 Å². The van der Waals surface area contributed by atoms with Crippen LogP contribution in [0.2, 0.25) is 0 Å². The van der Waals surface area contributed by atoms with Gasteiger partial charge in [-0.25, -0.2) is 4.79 Å². The number of carbonyl (C=O) groups is 1. The summed E-state index contributed by atoms with van der Waals surface area (Å²) in [6, 6.07) is 7.82. The first kappa shape index (κ1) is 14.4. The number of hydrogen-bond acceptors (Lipinski definition) is 5. The van der Waals surface area contributed by atoms with E-state index in [9.17, 15) is 14.8 Å². The molecule has 7 heteroatoms. The van der Waals surface area contributed by atoms with Gasteiger partial charge in [-0.2, -0.15) is 4.73 Å². The Morgan fingerprint density at radius 2 is 1.95 bits per heavy atom. The molecule has 0 fully saturated rings. The van der Waals surface area contributed by atoms with Crippen LogP contribution in [0.5, 0.6) is 11.5 Å². The van der Waals surface area contributed by atoms with Crippen molar-refractivity contribution < 1.29 is 24.6 Å². The molecule has 21 heavy (non-hydrogen) atoms. The number of carboxylic acids is 1. The van der Waals surface area contributed by atoms with E-state index in [2.05, 4.69) is 0 Å². The first-order chi connectivity index (χ1) is 10.0. The SMILES string of the molecule is COc1ccc(COc2cn(O)c(C(=O)O)cc2=O)cc1. The molecule has 0 bridgehead atoms. The van der Waals surface area contributed by atoms with Crippen LogP contribution < -0.4 is 14.9 Å². The van der Waals surface area contributed by atoms with Gasteiger partial charge in [0.05, 0.1) is 13.3 Å². The molecular formula is C14H13NO6. The summed E-state index contributed by atoms with van der Waals surface area (Å²) < 4.78 is 10.6. The summed E-state index contributed by atoms with van der Waals surface area (Å²) in [5.74, 6) is -0.850. The monoisotopic (exact) mass is 291 g/mol. The van der Waals surface area contributed by atoms with Gasteiger partial charge in [-0.1, -0.05) is 12.1 Å². The maximum Gasteiger partial charge on any atom is 0.356 e. The standard InChI is InChI=1S/C14H13NO6/c1-20-10-4-2-9(3-5-10)8-21-13-7-15(19)11(14(17)18)6-12(13)16/h2-7,19H,8H2,1H3,(H,17,18). The largest absolute Gasteiger partial charge is 0.497 e. The highest BCUT2D eigenvalue weighted by Gasteiger charge is 2.13. The highest BCUT2D eigenvalue weighted by atomic mass is 16.5. The molecule has 1 aromatic heterocycles. The second kappa shape index (κ2) is 6.00. The highest BCUT2D eigenvalue weighted by Crippen LogP contribution is 2.13. The zero-order chi connectivity index (χ0) is 15.4. The zero-order valence-electron chi connectivity index (χ0n) is 11.1. The maximum atomic E-state index is 11.7. The van der Waals surface area contributed by atoms with E-state index in [-0.39, 0.29) is 12.4 Å². The van der Waals surface area contributed by atoms with Gasteiger partial charge in [-0.15, -0.1) is 0 Å². The van der Waals surface area contributed by atoms with E-state index in [0.29, 0.717) is 10.5 Å².